The van der Waals surface area contributed by atoms with Crippen molar-refractivity contribution in [2.45, 2.75) is 20.0 Å². The zero-order valence-corrected chi connectivity index (χ0v) is 12.3. The number of nitrogens with one attached hydrogen (secondary N) is 1. The predicted molar refractivity (Wildman–Crippen MR) is 84.1 cm³/mol. The van der Waals surface area contributed by atoms with E-state index in [1.165, 1.54) is 0 Å². The van der Waals surface area contributed by atoms with Gasteiger partial charge in [0.15, 0.2) is 0 Å². The standard InChI is InChI=1S/C17H20N2O2/c1-11-3-4-12(2)15(9-11)17(21)19-10-16(20)13-5-7-14(18)8-6-13/h3-9,16,20H,10,18H2,1-2H3,(H,19,21). The van der Waals surface area contributed by atoms with Crippen LogP contribution in [-0.2, 0) is 0 Å². The van der Waals surface area contributed by atoms with Gasteiger partial charge in [0.25, 0.3) is 5.91 Å². The van der Waals surface area contributed by atoms with E-state index in [9.17, 15) is 9.90 Å². The molecule has 2 rings (SSSR count). The van der Waals surface area contributed by atoms with E-state index >= 15 is 0 Å². The van der Waals surface area contributed by atoms with Gasteiger partial charge in [-0.3, -0.25) is 4.79 Å². The summed E-state index contributed by atoms with van der Waals surface area (Å²) < 4.78 is 0. The summed E-state index contributed by atoms with van der Waals surface area (Å²) in [7, 11) is 0. The first-order valence-corrected chi connectivity index (χ1v) is 6.86. The summed E-state index contributed by atoms with van der Waals surface area (Å²) >= 11 is 0. The second kappa shape index (κ2) is 6.41. The van der Waals surface area contributed by atoms with Gasteiger partial charge in [0.2, 0.25) is 0 Å². The maximum Gasteiger partial charge on any atom is 0.251 e. The molecule has 110 valence electrons. The fourth-order valence-corrected chi connectivity index (χ4v) is 2.10. The van der Waals surface area contributed by atoms with Crippen molar-refractivity contribution in [3.63, 3.8) is 0 Å². The largest absolute Gasteiger partial charge is 0.399 e. The van der Waals surface area contributed by atoms with Crippen LogP contribution in [0.2, 0.25) is 0 Å². The van der Waals surface area contributed by atoms with Crippen LogP contribution >= 0.6 is 0 Å². The van der Waals surface area contributed by atoms with Crippen molar-refractivity contribution in [2.75, 3.05) is 12.3 Å². The summed E-state index contributed by atoms with van der Waals surface area (Å²) in [5, 5.41) is 12.8. The highest BCUT2D eigenvalue weighted by Crippen LogP contribution is 2.15. The first-order chi connectivity index (χ1) is 9.97. The number of aliphatic hydroxyl groups excluding tert-OH is 1. The minimum Gasteiger partial charge on any atom is -0.399 e. The van der Waals surface area contributed by atoms with E-state index < -0.39 is 6.10 Å². The molecule has 0 spiro atoms. The van der Waals surface area contributed by atoms with Crippen LogP contribution < -0.4 is 11.1 Å². The molecule has 0 fully saturated rings. The van der Waals surface area contributed by atoms with Gasteiger partial charge in [-0.2, -0.15) is 0 Å². The molecule has 4 N–H and O–H groups in total. The number of hydrogen-bond donors (Lipinski definition) is 3. The third-order valence-corrected chi connectivity index (χ3v) is 3.41. The van der Waals surface area contributed by atoms with E-state index in [1.807, 2.05) is 32.0 Å². The average Bonchev–Trinajstić information content (AvgIpc) is 2.47. The SMILES string of the molecule is Cc1ccc(C)c(C(=O)NCC(O)c2ccc(N)cc2)c1. The van der Waals surface area contributed by atoms with Crippen LogP contribution in [0.1, 0.15) is 33.2 Å². The van der Waals surface area contributed by atoms with Gasteiger partial charge >= 0.3 is 0 Å². The Morgan fingerprint density at radius 3 is 2.52 bits per heavy atom. The van der Waals surface area contributed by atoms with Gasteiger partial charge in [-0.1, -0.05) is 29.8 Å². The lowest BCUT2D eigenvalue weighted by atomic mass is 10.0. The molecule has 2 aromatic rings. The van der Waals surface area contributed by atoms with Crippen LogP contribution in [0.4, 0.5) is 5.69 Å². The molecule has 0 bridgehead atoms. The van der Waals surface area contributed by atoms with Gasteiger partial charge in [-0.15, -0.1) is 0 Å². The van der Waals surface area contributed by atoms with Gasteiger partial charge in [-0.25, -0.2) is 0 Å². The van der Waals surface area contributed by atoms with E-state index in [-0.39, 0.29) is 12.5 Å². The first kappa shape index (κ1) is 15.1. The van der Waals surface area contributed by atoms with Gasteiger partial charge in [-0.05, 0) is 43.2 Å². The van der Waals surface area contributed by atoms with Crippen molar-refractivity contribution in [2.24, 2.45) is 0 Å². The van der Waals surface area contributed by atoms with Crippen molar-refractivity contribution in [1.82, 2.24) is 5.32 Å². The summed E-state index contributed by atoms with van der Waals surface area (Å²) in [6.45, 7) is 4.00. The van der Waals surface area contributed by atoms with Crippen molar-refractivity contribution in [3.05, 3.63) is 64.7 Å². The highest BCUT2D eigenvalue weighted by atomic mass is 16.3. The van der Waals surface area contributed by atoms with Crippen LogP contribution in [0.25, 0.3) is 0 Å². The summed E-state index contributed by atoms with van der Waals surface area (Å²) in [5.74, 6) is -0.175. The van der Waals surface area contributed by atoms with E-state index in [4.69, 9.17) is 5.73 Å². The van der Waals surface area contributed by atoms with Gasteiger partial charge < -0.3 is 16.2 Å². The highest BCUT2D eigenvalue weighted by Gasteiger charge is 2.12. The summed E-state index contributed by atoms with van der Waals surface area (Å²) in [5.41, 5.74) is 9.56. The molecule has 0 saturated heterocycles. The Balaban J connectivity index is 2.00. The summed E-state index contributed by atoms with van der Waals surface area (Å²) in [6, 6.07) is 12.7. The number of hydrogen-bond acceptors (Lipinski definition) is 3. The van der Waals surface area contributed by atoms with Crippen molar-refractivity contribution >= 4 is 11.6 Å². The monoisotopic (exact) mass is 284 g/mol. The lowest BCUT2D eigenvalue weighted by molar-refractivity contribution is 0.0915. The normalized spacial score (nSPS) is 12.0. The number of aryl methyl sites for hydroxylation is 2. The zero-order chi connectivity index (χ0) is 15.4. The molecular weight excluding hydrogens is 264 g/mol. The molecule has 0 radical (unpaired) electrons. The quantitative estimate of drug-likeness (QED) is 0.754. The smallest absolute Gasteiger partial charge is 0.251 e. The lowest BCUT2D eigenvalue weighted by Gasteiger charge is -2.13. The molecule has 0 aliphatic carbocycles. The fraction of sp³-hybridized carbons (Fsp3) is 0.235. The molecule has 4 nitrogen and oxygen atoms in total. The minimum absolute atomic E-state index is 0.163. The van der Waals surface area contributed by atoms with E-state index in [0.29, 0.717) is 11.3 Å². The van der Waals surface area contributed by atoms with Crippen LogP contribution in [-0.4, -0.2) is 17.6 Å². The number of aliphatic hydroxyl groups is 1. The third-order valence-electron chi connectivity index (χ3n) is 3.41. The maximum absolute atomic E-state index is 12.2. The molecule has 1 unspecified atom stereocenters. The Hall–Kier alpha value is -2.33. The van der Waals surface area contributed by atoms with Crippen molar-refractivity contribution < 1.29 is 9.90 Å². The van der Waals surface area contributed by atoms with Gasteiger partial charge in [0, 0.05) is 17.8 Å². The first-order valence-electron chi connectivity index (χ1n) is 6.86. The number of amides is 1. The Morgan fingerprint density at radius 1 is 1.19 bits per heavy atom. The fourth-order valence-electron chi connectivity index (χ4n) is 2.10. The zero-order valence-electron chi connectivity index (χ0n) is 12.3. The van der Waals surface area contributed by atoms with Gasteiger partial charge in [0.1, 0.15) is 0 Å². The van der Waals surface area contributed by atoms with Crippen LogP contribution in [0.15, 0.2) is 42.5 Å². The van der Waals surface area contributed by atoms with E-state index in [1.54, 1.807) is 24.3 Å². The average molecular weight is 284 g/mol. The second-order valence-corrected chi connectivity index (χ2v) is 5.21. The van der Waals surface area contributed by atoms with Crippen LogP contribution in [0, 0.1) is 13.8 Å². The Bertz CT molecular complexity index is 636. The molecule has 0 heterocycles. The number of nitrogens with two attached hydrogens (primary N) is 1. The molecular formula is C17H20N2O2. The summed E-state index contributed by atoms with van der Waals surface area (Å²) in [6.07, 6.45) is -0.750. The van der Waals surface area contributed by atoms with E-state index in [2.05, 4.69) is 5.32 Å². The Labute approximate surface area is 124 Å². The lowest BCUT2D eigenvalue weighted by Crippen LogP contribution is -2.29. The highest BCUT2D eigenvalue weighted by molar-refractivity contribution is 5.95. The molecule has 4 heteroatoms. The van der Waals surface area contributed by atoms with Crippen LogP contribution in [0.3, 0.4) is 0 Å². The molecule has 2 aromatic carbocycles. The second-order valence-electron chi connectivity index (χ2n) is 5.21. The number of carbonyl (C=O) groups is 1. The number of rotatable bonds is 4. The van der Waals surface area contributed by atoms with Gasteiger partial charge in [0.05, 0.1) is 6.10 Å². The molecule has 21 heavy (non-hydrogen) atoms. The third kappa shape index (κ3) is 3.83. The Kier molecular flexibility index (Phi) is 4.60. The van der Waals surface area contributed by atoms with Crippen molar-refractivity contribution in [1.29, 1.82) is 0 Å². The maximum atomic E-state index is 12.2. The topological polar surface area (TPSA) is 75.3 Å². The van der Waals surface area contributed by atoms with E-state index in [0.717, 1.165) is 16.7 Å². The molecule has 0 saturated carbocycles. The Morgan fingerprint density at radius 2 is 1.86 bits per heavy atom. The predicted octanol–water partition coefficient (Wildman–Crippen LogP) is 2.35. The molecule has 0 aliphatic rings. The molecule has 1 atom stereocenters. The molecule has 0 aliphatic heterocycles. The number of anilines is 1. The summed E-state index contributed by atoms with van der Waals surface area (Å²) in [4.78, 5) is 12.2. The minimum atomic E-state index is -0.750. The van der Waals surface area contributed by atoms with Crippen LogP contribution in [0.5, 0.6) is 0 Å². The molecule has 1 amide bonds. The number of carbonyl (C=O) groups excluding carboxylic acids is 1. The number of benzene rings is 2. The molecule has 0 aromatic heterocycles. The number of nitrogen functional groups attached to an aromatic ring is 1. The van der Waals surface area contributed by atoms with Crippen molar-refractivity contribution in [3.8, 4) is 0 Å².